The first kappa shape index (κ1) is 13.5. The zero-order valence-electron chi connectivity index (χ0n) is 11.3. The van der Waals surface area contributed by atoms with Crippen LogP contribution < -0.4 is 0 Å². The summed E-state index contributed by atoms with van der Waals surface area (Å²) in [6, 6.07) is 3.91. The summed E-state index contributed by atoms with van der Waals surface area (Å²) in [6.07, 6.45) is 5.54. The van der Waals surface area contributed by atoms with Crippen molar-refractivity contribution in [1.29, 1.82) is 0 Å². The predicted molar refractivity (Wildman–Crippen MR) is 74.0 cm³/mol. The van der Waals surface area contributed by atoms with E-state index in [1.54, 1.807) is 20.0 Å². The predicted octanol–water partition coefficient (Wildman–Crippen LogP) is 2.54. The van der Waals surface area contributed by atoms with Gasteiger partial charge in [0.2, 0.25) is 0 Å². The van der Waals surface area contributed by atoms with Crippen LogP contribution in [0, 0.1) is 0 Å². The Morgan fingerprint density at radius 1 is 1.21 bits per heavy atom. The highest BCUT2D eigenvalue weighted by atomic mass is 16.1. The molecule has 0 aliphatic heterocycles. The highest BCUT2D eigenvalue weighted by Gasteiger charge is 2.10. The molecule has 0 spiro atoms. The number of hydrogen-bond acceptors (Lipinski definition) is 3. The number of carbonyl (C=O) groups is 2. The lowest BCUT2D eigenvalue weighted by molar-refractivity contribution is -0.117. The van der Waals surface area contributed by atoms with Gasteiger partial charge in [-0.3, -0.25) is 4.79 Å². The van der Waals surface area contributed by atoms with Gasteiger partial charge >= 0.3 is 0 Å². The van der Waals surface area contributed by atoms with E-state index in [0.29, 0.717) is 19.4 Å². The molecular formula is C15H18N2O2. The average molecular weight is 258 g/mol. The zero-order chi connectivity index (χ0) is 13.8. The third-order valence-electron chi connectivity index (χ3n) is 3.17. The maximum absolute atomic E-state index is 11.1. The number of rotatable bonds is 6. The van der Waals surface area contributed by atoms with Gasteiger partial charge in [-0.2, -0.15) is 0 Å². The second-order valence-corrected chi connectivity index (χ2v) is 4.88. The second kappa shape index (κ2) is 5.78. The van der Waals surface area contributed by atoms with Crippen LogP contribution in [0.4, 0.5) is 0 Å². The minimum atomic E-state index is 0.170. The monoisotopic (exact) mass is 258 g/mol. The molecule has 0 aliphatic carbocycles. The number of hydrogen-bond donors (Lipinski definition) is 0. The third-order valence-corrected chi connectivity index (χ3v) is 3.17. The van der Waals surface area contributed by atoms with Crippen LogP contribution in [0.15, 0.2) is 24.5 Å². The Labute approximate surface area is 112 Å². The van der Waals surface area contributed by atoms with Crippen molar-refractivity contribution in [3.8, 4) is 0 Å². The van der Waals surface area contributed by atoms with Gasteiger partial charge in [-0.1, -0.05) is 0 Å². The first-order valence-electron chi connectivity index (χ1n) is 6.49. The number of Topliss-reactive ketones (excluding diaryl/α,β-unsaturated/α-hetero) is 2. The van der Waals surface area contributed by atoms with Crippen molar-refractivity contribution < 1.29 is 9.59 Å². The topological polar surface area (TPSA) is 52.0 Å². The summed E-state index contributed by atoms with van der Waals surface area (Å²) in [5.41, 5.74) is 2.02. The SMILES string of the molecule is CC(=O)CCc1cn(CCC(C)=O)c2ncccc12. The van der Waals surface area contributed by atoms with Gasteiger partial charge < -0.3 is 9.36 Å². The summed E-state index contributed by atoms with van der Waals surface area (Å²) in [5.74, 6) is 0.358. The molecule has 0 unspecified atom stereocenters. The van der Waals surface area contributed by atoms with Gasteiger partial charge in [0.05, 0.1) is 0 Å². The Hall–Kier alpha value is -1.97. The summed E-state index contributed by atoms with van der Waals surface area (Å²) in [4.78, 5) is 26.6. The minimum Gasteiger partial charge on any atom is -0.332 e. The first-order chi connectivity index (χ1) is 9.08. The van der Waals surface area contributed by atoms with Crippen LogP contribution in [0.5, 0.6) is 0 Å². The third kappa shape index (κ3) is 3.28. The Balaban J connectivity index is 2.31. The molecule has 4 heteroatoms. The van der Waals surface area contributed by atoms with Crippen molar-refractivity contribution in [1.82, 2.24) is 9.55 Å². The molecule has 100 valence electrons. The molecule has 19 heavy (non-hydrogen) atoms. The average Bonchev–Trinajstić information content (AvgIpc) is 2.72. The highest BCUT2D eigenvalue weighted by Crippen LogP contribution is 2.21. The number of pyridine rings is 1. The summed E-state index contributed by atoms with van der Waals surface area (Å²) in [5, 5.41) is 1.08. The number of aromatic nitrogens is 2. The maximum Gasteiger partial charge on any atom is 0.140 e. The Bertz CT molecular complexity index is 562. The summed E-state index contributed by atoms with van der Waals surface area (Å²) < 4.78 is 2.01. The molecular weight excluding hydrogens is 240 g/mol. The number of carbonyl (C=O) groups excluding carboxylic acids is 2. The molecule has 0 aliphatic rings. The Kier molecular flexibility index (Phi) is 4.10. The standard InChI is InChI=1S/C15H18N2O2/c1-11(18)5-6-13-10-17(9-7-12(2)19)15-14(13)4-3-8-16-15/h3-4,8,10H,5-7,9H2,1-2H3. The zero-order valence-corrected chi connectivity index (χ0v) is 11.3. The number of fused-ring (bicyclic) bond motifs is 1. The maximum atomic E-state index is 11.1. The fourth-order valence-corrected chi connectivity index (χ4v) is 2.15. The molecule has 2 aromatic rings. The van der Waals surface area contributed by atoms with Gasteiger partial charge in [0.25, 0.3) is 0 Å². The molecule has 0 saturated heterocycles. The smallest absolute Gasteiger partial charge is 0.140 e. The number of ketones is 2. The van der Waals surface area contributed by atoms with Crippen LogP contribution in [0.1, 0.15) is 32.3 Å². The van der Waals surface area contributed by atoms with Crippen LogP contribution in [0.3, 0.4) is 0 Å². The van der Waals surface area contributed by atoms with Gasteiger partial charge in [0.1, 0.15) is 17.2 Å². The molecule has 2 rings (SSSR count). The molecule has 0 fully saturated rings. The normalized spacial score (nSPS) is 10.8. The van der Waals surface area contributed by atoms with Crippen LogP contribution >= 0.6 is 0 Å². The van der Waals surface area contributed by atoms with Crippen LogP contribution in [0.25, 0.3) is 11.0 Å². The van der Waals surface area contributed by atoms with Gasteiger partial charge in [-0.05, 0) is 38.0 Å². The first-order valence-corrected chi connectivity index (χ1v) is 6.49. The number of nitrogens with zero attached hydrogens (tertiary/aromatic N) is 2. The van der Waals surface area contributed by atoms with Crippen LogP contribution in [-0.4, -0.2) is 21.1 Å². The fraction of sp³-hybridized carbons (Fsp3) is 0.400. The van der Waals surface area contributed by atoms with E-state index in [-0.39, 0.29) is 11.6 Å². The van der Waals surface area contributed by atoms with Crippen molar-refractivity contribution >= 4 is 22.6 Å². The summed E-state index contributed by atoms with van der Waals surface area (Å²) in [6.45, 7) is 3.84. The largest absolute Gasteiger partial charge is 0.332 e. The molecule has 0 atom stereocenters. The summed E-state index contributed by atoms with van der Waals surface area (Å²) >= 11 is 0. The molecule has 0 saturated carbocycles. The van der Waals surface area contributed by atoms with Crippen LogP contribution in [-0.2, 0) is 22.6 Å². The van der Waals surface area contributed by atoms with Crippen molar-refractivity contribution in [3.05, 3.63) is 30.1 Å². The lowest BCUT2D eigenvalue weighted by Gasteiger charge is -2.01. The Morgan fingerprint density at radius 2 is 1.95 bits per heavy atom. The van der Waals surface area contributed by atoms with Gasteiger partial charge in [-0.15, -0.1) is 0 Å². The quantitative estimate of drug-likeness (QED) is 0.800. The van der Waals surface area contributed by atoms with E-state index in [9.17, 15) is 9.59 Å². The molecule has 0 bridgehead atoms. The second-order valence-electron chi connectivity index (χ2n) is 4.88. The molecule has 2 heterocycles. The van der Waals surface area contributed by atoms with Gasteiger partial charge in [0.15, 0.2) is 0 Å². The molecule has 0 amide bonds. The van der Waals surface area contributed by atoms with E-state index in [2.05, 4.69) is 4.98 Å². The van der Waals surface area contributed by atoms with Crippen LogP contribution in [0.2, 0.25) is 0 Å². The number of aryl methyl sites for hydroxylation is 2. The van der Waals surface area contributed by atoms with E-state index >= 15 is 0 Å². The molecule has 0 N–H and O–H groups in total. The van der Waals surface area contributed by atoms with Gasteiger partial charge in [0, 0.05) is 37.2 Å². The summed E-state index contributed by atoms with van der Waals surface area (Å²) in [7, 11) is 0. The fourth-order valence-electron chi connectivity index (χ4n) is 2.15. The Morgan fingerprint density at radius 3 is 2.63 bits per heavy atom. The molecule has 0 radical (unpaired) electrons. The van der Waals surface area contributed by atoms with E-state index < -0.39 is 0 Å². The van der Waals surface area contributed by atoms with Crippen molar-refractivity contribution in [2.24, 2.45) is 0 Å². The van der Waals surface area contributed by atoms with Crippen molar-refractivity contribution in [2.45, 2.75) is 39.7 Å². The van der Waals surface area contributed by atoms with Gasteiger partial charge in [-0.25, -0.2) is 4.98 Å². The van der Waals surface area contributed by atoms with E-state index in [0.717, 1.165) is 23.0 Å². The van der Waals surface area contributed by atoms with E-state index in [1.807, 2.05) is 22.9 Å². The molecule has 4 nitrogen and oxygen atoms in total. The van der Waals surface area contributed by atoms with E-state index in [1.165, 1.54) is 0 Å². The molecule has 2 aromatic heterocycles. The lowest BCUT2D eigenvalue weighted by atomic mass is 10.1. The van der Waals surface area contributed by atoms with Crippen molar-refractivity contribution in [3.63, 3.8) is 0 Å². The minimum absolute atomic E-state index is 0.170. The highest BCUT2D eigenvalue weighted by molar-refractivity contribution is 5.82. The molecule has 0 aromatic carbocycles. The van der Waals surface area contributed by atoms with Crippen molar-refractivity contribution in [2.75, 3.05) is 0 Å². The lowest BCUT2D eigenvalue weighted by Crippen LogP contribution is -2.02. The van der Waals surface area contributed by atoms with E-state index in [4.69, 9.17) is 0 Å².